The fraction of sp³-hybridized carbons (Fsp3) is 0.522. The van der Waals surface area contributed by atoms with Gasteiger partial charge in [-0.05, 0) is 57.6 Å². The number of ether oxygens (including phenoxy) is 2. The van der Waals surface area contributed by atoms with E-state index in [0.29, 0.717) is 30.6 Å². The van der Waals surface area contributed by atoms with Crippen LogP contribution in [0.4, 0.5) is 4.79 Å². The van der Waals surface area contributed by atoms with Crippen LogP contribution in [0.1, 0.15) is 38.8 Å². The molecule has 0 N–H and O–H groups in total. The average molecular weight is 460 g/mol. The zero-order valence-corrected chi connectivity index (χ0v) is 19.5. The average Bonchev–Trinajstić information content (AvgIpc) is 2.77. The number of hydrogen-bond donors (Lipinski definition) is 0. The second kappa shape index (κ2) is 9.05. The van der Waals surface area contributed by atoms with Gasteiger partial charge in [0.25, 0.3) is 0 Å². The molecule has 4 rings (SSSR count). The topological polar surface area (TPSA) is 98.7 Å². The van der Waals surface area contributed by atoms with Gasteiger partial charge < -0.3 is 14.4 Å². The fourth-order valence-corrected chi connectivity index (χ4v) is 4.86. The fourth-order valence-electron chi connectivity index (χ4n) is 4.23. The zero-order valence-electron chi connectivity index (χ0n) is 18.7. The number of carbonyl (C=O) groups is 1. The first-order chi connectivity index (χ1) is 15.2. The maximum Gasteiger partial charge on any atom is 0.410 e. The van der Waals surface area contributed by atoms with E-state index in [1.807, 2.05) is 13.8 Å². The predicted octanol–water partition coefficient (Wildman–Crippen LogP) is 3.50. The molecule has 1 fully saturated rings. The van der Waals surface area contributed by atoms with E-state index in [-0.39, 0.29) is 23.2 Å². The summed E-state index contributed by atoms with van der Waals surface area (Å²) in [5.41, 5.74) is 2.34. The van der Waals surface area contributed by atoms with Gasteiger partial charge in [0.2, 0.25) is 5.88 Å². The molecule has 0 radical (unpaired) electrons. The van der Waals surface area contributed by atoms with Crippen LogP contribution in [0.2, 0.25) is 0 Å². The van der Waals surface area contributed by atoms with Gasteiger partial charge in [-0.2, -0.15) is 0 Å². The Balaban J connectivity index is 1.39. The number of sulfone groups is 1. The lowest BCUT2D eigenvalue weighted by molar-refractivity contribution is 0.0380. The van der Waals surface area contributed by atoms with Crippen molar-refractivity contribution in [1.82, 2.24) is 14.9 Å². The monoisotopic (exact) mass is 459 g/mol. The van der Waals surface area contributed by atoms with Crippen LogP contribution in [-0.4, -0.2) is 60.9 Å². The van der Waals surface area contributed by atoms with E-state index in [9.17, 15) is 13.2 Å². The number of amides is 1. The lowest BCUT2D eigenvalue weighted by Crippen LogP contribution is -2.44. The van der Waals surface area contributed by atoms with Crippen molar-refractivity contribution < 1.29 is 22.7 Å². The number of benzene rings is 1. The summed E-state index contributed by atoms with van der Waals surface area (Å²) >= 11 is 0. The predicted molar refractivity (Wildman–Crippen MR) is 119 cm³/mol. The molecule has 1 atom stereocenters. The van der Waals surface area contributed by atoms with E-state index in [1.54, 1.807) is 35.4 Å². The highest BCUT2D eigenvalue weighted by Gasteiger charge is 2.33. The lowest BCUT2D eigenvalue weighted by Gasteiger charge is -2.37. The highest BCUT2D eigenvalue weighted by molar-refractivity contribution is 7.90. The van der Waals surface area contributed by atoms with Crippen LogP contribution in [0.5, 0.6) is 5.88 Å². The maximum atomic E-state index is 12.1. The van der Waals surface area contributed by atoms with E-state index in [4.69, 9.17) is 14.5 Å². The number of carbonyl (C=O) groups excluding carboxylic acids is 1. The minimum Gasteiger partial charge on any atom is -0.473 e. The summed E-state index contributed by atoms with van der Waals surface area (Å²) in [4.78, 5) is 23.4. The second-order valence-corrected chi connectivity index (χ2v) is 10.8. The van der Waals surface area contributed by atoms with Gasteiger partial charge in [0, 0.05) is 24.9 Å². The Morgan fingerprint density at radius 2 is 1.84 bits per heavy atom. The third kappa shape index (κ3) is 5.03. The molecule has 0 saturated carbocycles. The van der Waals surface area contributed by atoms with Crippen molar-refractivity contribution in [2.45, 2.75) is 56.6 Å². The summed E-state index contributed by atoms with van der Waals surface area (Å²) < 4.78 is 34.8. The van der Waals surface area contributed by atoms with Crippen LogP contribution in [-0.2, 0) is 21.0 Å². The molecule has 1 unspecified atom stereocenters. The molecule has 2 aliphatic heterocycles. The highest BCUT2D eigenvalue weighted by Crippen LogP contribution is 2.33. The molecular formula is C23H29N3O5S. The molecule has 0 spiro atoms. The molecule has 32 heavy (non-hydrogen) atoms. The van der Waals surface area contributed by atoms with Gasteiger partial charge >= 0.3 is 6.09 Å². The maximum absolute atomic E-state index is 12.1. The van der Waals surface area contributed by atoms with Crippen molar-refractivity contribution in [2.75, 3.05) is 19.3 Å². The van der Waals surface area contributed by atoms with Gasteiger partial charge in [0.05, 0.1) is 22.9 Å². The number of fused-ring (bicyclic) bond motifs is 1. The van der Waals surface area contributed by atoms with Crippen LogP contribution < -0.4 is 4.74 Å². The number of rotatable bonds is 4. The van der Waals surface area contributed by atoms with Crippen molar-refractivity contribution in [1.29, 1.82) is 0 Å². The Morgan fingerprint density at radius 3 is 2.47 bits per heavy atom. The lowest BCUT2D eigenvalue weighted by atomic mass is 9.87. The molecule has 3 heterocycles. The SMILES string of the molecule is CC(C)OC(=O)N1CCC(C2CCc3nc(-c4ccc(S(C)(=O)=O)cc4)cnc3O2)CC1. The quantitative estimate of drug-likeness (QED) is 0.690. The standard InChI is InChI=1S/C23H29N3O5S/c1-15(2)30-23(27)26-12-10-17(11-13-26)21-9-8-19-22(31-21)24-14-20(25-19)16-4-6-18(7-5-16)32(3,28)29/h4-7,14-15,17,21H,8-13H2,1-3H3. The molecule has 1 aromatic heterocycles. The molecule has 2 aliphatic rings. The normalized spacial score (nSPS) is 19.4. The summed E-state index contributed by atoms with van der Waals surface area (Å²) in [5.74, 6) is 0.940. The minimum absolute atomic E-state index is 0.0694. The Labute approximate surface area is 188 Å². The van der Waals surface area contributed by atoms with Gasteiger partial charge in [0.1, 0.15) is 11.8 Å². The highest BCUT2D eigenvalue weighted by atomic mass is 32.2. The molecule has 1 amide bonds. The Hall–Kier alpha value is -2.68. The van der Waals surface area contributed by atoms with Crippen molar-refractivity contribution in [3.8, 4) is 17.1 Å². The van der Waals surface area contributed by atoms with E-state index in [1.165, 1.54) is 6.26 Å². The molecule has 8 nitrogen and oxygen atoms in total. The minimum atomic E-state index is -3.23. The molecule has 172 valence electrons. The molecule has 1 saturated heterocycles. The summed E-state index contributed by atoms with van der Waals surface area (Å²) in [5, 5.41) is 0. The molecule has 1 aromatic carbocycles. The first-order valence-corrected chi connectivity index (χ1v) is 12.9. The van der Waals surface area contributed by atoms with E-state index < -0.39 is 9.84 Å². The second-order valence-electron chi connectivity index (χ2n) is 8.76. The first-order valence-electron chi connectivity index (χ1n) is 11.0. The van der Waals surface area contributed by atoms with Gasteiger partial charge in [-0.3, -0.25) is 0 Å². The summed E-state index contributed by atoms with van der Waals surface area (Å²) in [6.45, 7) is 5.07. The van der Waals surface area contributed by atoms with E-state index >= 15 is 0 Å². The summed E-state index contributed by atoms with van der Waals surface area (Å²) in [6, 6.07) is 6.66. The van der Waals surface area contributed by atoms with Crippen molar-refractivity contribution in [2.24, 2.45) is 5.92 Å². The number of likely N-dealkylation sites (tertiary alicyclic amines) is 1. The van der Waals surface area contributed by atoms with Gasteiger partial charge in [-0.25, -0.2) is 23.2 Å². The number of aryl methyl sites for hydroxylation is 1. The van der Waals surface area contributed by atoms with Crippen LogP contribution in [0.15, 0.2) is 35.4 Å². The number of aromatic nitrogens is 2. The summed E-state index contributed by atoms with van der Waals surface area (Å²) in [7, 11) is -3.23. The third-order valence-electron chi connectivity index (χ3n) is 5.97. The Kier molecular flexibility index (Phi) is 6.37. The van der Waals surface area contributed by atoms with E-state index in [0.717, 1.165) is 36.9 Å². The first kappa shape index (κ1) is 22.5. The van der Waals surface area contributed by atoms with Crippen molar-refractivity contribution >= 4 is 15.9 Å². The number of piperidine rings is 1. The van der Waals surface area contributed by atoms with Crippen LogP contribution in [0.25, 0.3) is 11.3 Å². The van der Waals surface area contributed by atoms with Crippen LogP contribution in [0, 0.1) is 5.92 Å². The molecule has 0 bridgehead atoms. The summed E-state index contributed by atoms with van der Waals surface area (Å²) in [6.07, 6.45) is 5.97. The van der Waals surface area contributed by atoms with Gasteiger partial charge in [-0.15, -0.1) is 0 Å². The van der Waals surface area contributed by atoms with E-state index in [2.05, 4.69) is 4.98 Å². The Bertz CT molecular complexity index is 1080. The Morgan fingerprint density at radius 1 is 1.16 bits per heavy atom. The van der Waals surface area contributed by atoms with Gasteiger partial charge in [-0.1, -0.05) is 12.1 Å². The van der Waals surface area contributed by atoms with Crippen molar-refractivity contribution in [3.63, 3.8) is 0 Å². The smallest absolute Gasteiger partial charge is 0.410 e. The molecule has 0 aliphatic carbocycles. The largest absolute Gasteiger partial charge is 0.473 e. The number of hydrogen-bond acceptors (Lipinski definition) is 7. The van der Waals surface area contributed by atoms with Crippen LogP contribution in [0.3, 0.4) is 0 Å². The van der Waals surface area contributed by atoms with Crippen LogP contribution >= 0.6 is 0 Å². The number of nitrogens with zero attached hydrogens (tertiary/aromatic N) is 3. The molecule has 2 aromatic rings. The van der Waals surface area contributed by atoms with Gasteiger partial charge in [0.15, 0.2) is 9.84 Å². The zero-order chi connectivity index (χ0) is 22.9. The van der Waals surface area contributed by atoms with Crippen molar-refractivity contribution in [3.05, 3.63) is 36.2 Å². The molecule has 9 heteroatoms. The molecular weight excluding hydrogens is 430 g/mol. The third-order valence-corrected chi connectivity index (χ3v) is 7.10.